The van der Waals surface area contributed by atoms with Gasteiger partial charge in [0.1, 0.15) is 5.84 Å². The summed E-state index contributed by atoms with van der Waals surface area (Å²) >= 11 is 0. The molecule has 1 aromatic carbocycles. The zero-order valence-electron chi connectivity index (χ0n) is 10.8. The molecule has 1 aromatic heterocycles. The standard InChI is InChI=1S/C15H15N3O/c1-2-19-14-8-7-12(9-17-14)18-10-11-5-3-4-6-13(11)15(18)16/h3-9,16H,2,10H2,1H3. The van der Waals surface area contributed by atoms with Gasteiger partial charge in [-0.2, -0.15) is 0 Å². The van der Waals surface area contributed by atoms with Crippen molar-refractivity contribution in [1.82, 2.24) is 4.98 Å². The van der Waals surface area contributed by atoms with Crippen molar-refractivity contribution >= 4 is 11.5 Å². The second-order valence-corrected chi connectivity index (χ2v) is 4.38. The van der Waals surface area contributed by atoms with Crippen molar-refractivity contribution < 1.29 is 4.74 Å². The third kappa shape index (κ3) is 2.05. The SMILES string of the molecule is CCOc1ccc(N2Cc3ccccc3C2=N)cn1. The molecule has 1 N–H and O–H groups in total. The number of benzene rings is 1. The van der Waals surface area contributed by atoms with Crippen LogP contribution in [0.25, 0.3) is 0 Å². The summed E-state index contributed by atoms with van der Waals surface area (Å²) in [6.07, 6.45) is 1.76. The Morgan fingerprint density at radius 3 is 2.79 bits per heavy atom. The van der Waals surface area contributed by atoms with Crippen LogP contribution in [-0.4, -0.2) is 17.4 Å². The smallest absolute Gasteiger partial charge is 0.213 e. The summed E-state index contributed by atoms with van der Waals surface area (Å²) in [4.78, 5) is 6.20. The fourth-order valence-electron chi connectivity index (χ4n) is 2.27. The summed E-state index contributed by atoms with van der Waals surface area (Å²) in [6.45, 7) is 3.27. The molecule has 1 aliphatic rings. The molecular weight excluding hydrogens is 238 g/mol. The topological polar surface area (TPSA) is 49.2 Å². The number of anilines is 1. The van der Waals surface area contributed by atoms with E-state index in [4.69, 9.17) is 10.1 Å². The number of pyridine rings is 1. The number of amidine groups is 1. The Hall–Kier alpha value is -2.36. The van der Waals surface area contributed by atoms with Crippen molar-refractivity contribution in [1.29, 1.82) is 5.41 Å². The molecule has 0 fully saturated rings. The third-order valence-corrected chi connectivity index (χ3v) is 3.20. The number of nitrogens with zero attached hydrogens (tertiary/aromatic N) is 2. The second kappa shape index (κ2) is 4.72. The summed E-state index contributed by atoms with van der Waals surface area (Å²) in [5.41, 5.74) is 3.10. The largest absolute Gasteiger partial charge is 0.478 e. The van der Waals surface area contributed by atoms with Gasteiger partial charge in [0.2, 0.25) is 5.88 Å². The van der Waals surface area contributed by atoms with Gasteiger partial charge in [-0.1, -0.05) is 24.3 Å². The van der Waals surface area contributed by atoms with Crippen LogP contribution in [0.15, 0.2) is 42.6 Å². The fourth-order valence-corrected chi connectivity index (χ4v) is 2.27. The van der Waals surface area contributed by atoms with E-state index in [0.717, 1.165) is 17.8 Å². The fraction of sp³-hybridized carbons (Fsp3) is 0.200. The molecule has 0 spiro atoms. The van der Waals surface area contributed by atoms with Crippen molar-refractivity contribution in [3.05, 3.63) is 53.7 Å². The van der Waals surface area contributed by atoms with Crippen LogP contribution in [0.1, 0.15) is 18.1 Å². The summed E-state index contributed by atoms with van der Waals surface area (Å²) in [5, 5.41) is 8.23. The lowest BCUT2D eigenvalue weighted by atomic mass is 10.1. The van der Waals surface area contributed by atoms with Gasteiger partial charge in [-0.25, -0.2) is 4.98 Å². The first kappa shape index (κ1) is 11.7. The number of hydrogen-bond acceptors (Lipinski definition) is 3. The normalized spacial score (nSPS) is 13.5. The molecule has 0 amide bonds. The van der Waals surface area contributed by atoms with Gasteiger partial charge in [0.05, 0.1) is 25.0 Å². The van der Waals surface area contributed by atoms with Crippen LogP contribution in [0.3, 0.4) is 0 Å². The summed E-state index contributed by atoms with van der Waals surface area (Å²) in [5.74, 6) is 1.15. The molecule has 4 nitrogen and oxygen atoms in total. The molecule has 0 bridgehead atoms. The van der Waals surface area contributed by atoms with E-state index in [1.807, 2.05) is 42.2 Å². The minimum atomic E-state index is 0.529. The van der Waals surface area contributed by atoms with Crippen LogP contribution < -0.4 is 9.64 Å². The van der Waals surface area contributed by atoms with Crippen LogP contribution in [0, 0.1) is 5.41 Å². The lowest BCUT2D eigenvalue weighted by Crippen LogP contribution is -2.23. The van der Waals surface area contributed by atoms with E-state index in [0.29, 0.717) is 18.3 Å². The maximum Gasteiger partial charge on any atom is 0.213 e. The molecule has 0 saturated heterocycles. The predicted molar refractivity (Wildman–Crippen MR) is 74.9 cm³/mol. The second-order valence-electron chi connectivity index (χ2n) is 4.38. The Kier molecular flexibility index (Phi) is 2.91. The summed E-state index contributed by atoms with van der Waals surface area (Å²) < 4.78 is 5.33. The molecule has 0 aliphatic carbocycles. The minimum Gasteiger partial charge on any atom is -0.478 e. The summed E-state index contributed by atoms with van der Waals surface area (Å²) in [7, 11) is 0. The molecule has 0 unspecified atom stereocenters. The van der Waals surface area contributed by atoms with Crippen molar-refractivity contribution in [2.24, 2.45) is 0 Å². The first-order chi connectivity index (χ1) is 9.29. The molecule has 0 atom stereocenters. The van der Waals surface area contributed by atoms with Gasteiger partial charge in [-0.3, -0.25) is 5.41 Å². The van der Waals surface area contributed by atoms with Crippen LogP contribution in [0.5, 0.6) is 5.88 Å². The predicted octanol–water partition coefficient (Wildman–Crippen LogP) is 2.83. The van der Waals surface area contributed by atoms with Gasteiger partial charge in [-0.15, -0.1) is 0 Å². The first-order valence-electron chi connectivity index (χ1n) is 6.33. The van der Waals surface area contributed by atoms with Crippen LogP contribution in [0.4, 0.5) is 5.69 Å². The highest BCUT2D eigenvalue weighted by Gasteiger charge is 2.24. The average Bonchev–Trinajstić information content (AvgIpc) is 2.78. The molecule has 2 heterocycles. The van der Waals surface area contributed by atoms with Gasteiger partial charge in [0, 0.05) is 11.6 Å². The quantitative estimate of drug-likeness (QED) is 0.915. The third-order valence-electron chi connectivity index (χ3n) is 3.20. The van der Waals surface area contributed by atoms with Crippen molar-refractivity contribution in [2.75, 3.05) is 11.5 Å². The van der Waals surface area contributed by atoms with E-state index < -0.39 is 0 Å². The van der Waals surface area contributed by atoms with E-state index >= 15 is 0 Å². The highest BCUT2D eigenvalue weighted by Crippen LogP contribution is 2.28. The molecule has 19 heavy (non-hydrogen) atoms. The number of rotatable bonds is 3. The number of aromatic nitrogens is 1. The minimum absolute atomic E-state index is 0.529. The summed E-state index contributed by atoms with van der Waals surface area (Å²) in [6, 6.07) is 11.8. The Morgan fingerprint density at radius 2 is 2.11 bits per heavy atom. The molecule has 2 aromatic rings. The first-order valence-corrected chi connectivity index (χ1v) is 6.33. The number of fused-ring (bicyclic) bond motifs is 1. The number of ether oxygens (including phenoxy) is 1. The Bertz CT molecular complexity index is 607. The highest BCUT2D eigenvalue weighted by molar-refractivity contribution is 6.11. The Balaban J connectivity index is 1.87. The van der Waals surface area contributed by atoms with E-state index in [1.54, 1.807) is 6.20 Å². The van der Waals surface area contributed by atoms with Crippen LogP contribution >= 0.6 is 0 Å². The molecule has 96 valence electrons. The zero-order valence-corrected chi connectivity index (χ0v) is 10.8. The molecular formula is C15H15N3O. The molecule has 4 heteroatoms. The average molecular weight is 253 g/mol. The molecule has 0 saturated carbocycles. The van der Waals surface area contributed by atoms with E-state index in [2.05, 4.69) is 11.1 Å². The van der Waals surface area contributed by atoms with Gasteiger partial charge < -0.3 is 9.64 Å². The van der Waals surface area contributed by atoms with Crippen molar-refractivity contribution in [3.63, 3.8) is 0 Å². The lowest BCUT2D eigenvalue weighted by Gasteiger charge is -2.17. The van der Waals surface area contributed by atoms with Crippen molar-refractivity contribution in [2.45, 2.75) is 13.5 Å². The monoisotopic (exact) mass is 253 g/mol. The maximum atomic E-state index is 8.23. The van der Waals surface area contributed by atoms with E-state index in [-0.39, 0.29) is 0 Å². The van der Waals surface area contributed by atoms with Gasteiger partial charge in [0.25, 0.3) is 0 Å². The Morgan fingerprint density at radius 1 is 1.26 bits per heavy atom. The van der Waals surface area contributed by atoms with Crippen LogP contribution in [0.2, 0.25) is 0 Å². The molecule has 0 radical (unpaired) electrons. The van der Waals surface area contributed by atoms with Gasteiger partial charge in [0.15, 0.2) is 0 Å². The molecule has 3 rings (SSSR count). The number of nitrogens with one attached hydrogen (secondary N) is 1. The van der Waals surface area contributed by atoms with Crippen molar-refractivity contribution in [3.8, 4) is 5.88 Å². The maximum absolute atomic E-state index is 8.23. The van der Waals surface area contributed by atoms with E-state index in [9.17, 15) is 0 Å². The zero-order chi connectivity index (χ0) is 13.2. The van der Waals surface area contributed by atoms with Gasteiger partial charge in [-0.05, 0) is 18.6 Å². The van der Waals surface area contributed by atoms with Crippen LogP contribution in [-0.2, 0) is 6.54 Å². The van der Waals surface area contributed by atoms with E-state index in [1.165, 1.54) is 5.56 Å². The lowest BCUT2D eigenvalue weighted by molar-refractivity contribution is 0.327. The Labute approximate surface area is 112 Å². The highest BCUT2D eigenvalue weighted by atomic mass is 16.5. The number of hydrogen-bond donors (Lipinski definition) is 1. The molecule has 1 aliphatic heterocycles. The van der Waals surface area contributed by atoms with Gasteiger partial charge >= 0.3 is 0 Å².